The molecule has 1 saturated heterocycles. The molecule has 152 valence electrons. The molecule has 2 aromatic heterocycles. The maximum Gasteiger partial charge on any atom is 0.276 e. The third kappa shape index (κ3) is 4.24. The Labute approximate surface area is 171 Å². The van der Waals surface area contributed by atoms with E-state index in [2.05, 4.69) is 41.3 Å². The van der Waals surface area contributed by atoms with Crippen molar-refractivity contribution in [1.82, 2.24) is 24.5 Å². The van der Waals surface area contributed by atoms with Crippen LogP contribution in [-0.2, 0) is 0 Å². The van der Waals surface area contributed by atoms with Crippen LogP contribution < -0.4 is 5.32 Å². The first-order valence-corrected chi connectivity index (χ1v) is 10.2. The van der Waals surface area contributed by atoms with Gasteiger partial charge in [0.2, 0.25) is 0 Å². The van der Waals surface area contributed by atoms with Crippen molar-refractivity contribution in [2.45, 2.75) is 38.6 Å². The van der Waals surface area contributed by atoms with Crippen LogP contribution in [-0.4, -0.2) is 50.5 Å². The van der Waals surface area contributed by atoms with Crippen molar-refractivity contribution in [3.05, 3.63) is 60.2 Å². The number of anilines is 1. The highest BCUT2D eigenvalue weighted by atomic mass is 16.2. The van der Waals surface area contributed by atoms with E-state index in [-0.39, 0.29) is 11.8 Å². The van der Waals surface area contributed by atoms with Gasteiger partial charge in [0.1, 0.15) is 0 Å². The number of amides is 1. The molecule has 1 aliphatic rings. The van der Waals surface area contributed by atoms with E-state index in [1.165, 1.54) is 0 Å². The van der Waals surface area contributed by atoms with Gasteiger partial charge in [-0.1, -0.05) is 32.0 Å². The number of para-hydroxylation sites is 1. The fourth-order valence-electron chi connectivity index (χ4n) is 3.75. The second-order valence-electron chi connectivity index (χ2n) is 8.05. The fraction of sp³-hybridized carbons (Fsp3) is 0.409. The summed E-state index contributed by atoms with van der Waals surface area (Å²) in [7, 11) is 2.14. The lowest BCUT2D eigenvalue weighted by molar-refractivity contribution is 0.102. The van der Waals surface area contributed by atoms with Gasteiger partial charge in [-0.3, -0.25) is 9.48 Å². The Hall–Kier alpha value is -2.93. The molecule has 0 saturated carbocycles. The minimum atomic E-state index is -0.218. The number of piperidine rings is 1. The number of carbonyl (C=O) groups excluding carboxylic acids is 1. The van der Waals surface area contributed by atoms with Gasteiger partial charge in [-0.2, -0.15) is 10.2 Å². The molecule has 3 heterocycles. The van der Waals surface area contributed by atoms with E-state index in [9.17, 15) is 4.79 Å². The van der Waals surface area contributed by atoms with Crippen LogP contribution in [0.15, 0.2) is 48.8 Å². The molecular formula is C22H28N6O. The Balaban J connectivity index is 1.50. The number of aromatic nitrogens is 4. The largest absolute Gasteiger partial charge is 0.318 e. The molecule has 7 heteroatoms. The number of benzene rings is 1. The van der Waals surface area contributed by atoms with Gasteiger partial charge in [-0.15, -0.1) is 0 Å². The Morgan fingerprint density at radius 2 is 1.90 bits per heavy atom. The minimum Gasteiger partial charge on any atom is -0.318 e. The van der Waals surface area contributed by atoms with Gasteiger partial charge >= 0.3 is 0 Å². The quantitative estimate of drug-likeness (QED) is 0.719. The smallest absolute Gasteiger partial charge is 0.276 e. The SMILES string of the molecule is CC(C)c1cc(C(=O)Nc2cnn(C3CCN(C)CC3)c2)nn1-c1ccccc1. The number of hydrogen-bond acceptors (Lipinski definition) is 4. The van der Waals surface area contributed by atoms with E-state index in [0.29, 0.717) is 17.4 Å². The van der Waals surface area contributed by atoms with E-state index in [0.717, 1.165) is 37.3 Å². The number of nitrogens with one attached hydrogen (secondary N) is 1. The second kappa shape index (κ2) is 8.21. The zero-order chi connectivity index (χ0) is 20.4. The van der Waals surface area contributed by atoms with E-state index in [4.69, 9.17) is 0 Å². The molecule has 1 amide bonds. The molecule has 0 atom stereocenters. The van der Waals surface area contributed by atoms with Gasteiger partial charge in [0.25, 0.3) is 5.91 Å². The highest BCUT2D eigenvalue weighted by Gasteiger charge is 2.21. The van der Waals surface area contributed by atoms with Crippen LogP contribution in [0, 0.1) is 0 Å². The molecule has 1 fully saturated rings. The Kier molecular flexibility index (Phi) is 5.49. The molecule has 1 aromatic carbocycles. The average Bonchev–Trinajstić information content (AvgIpc) is 3.37. The molecule has 0 aliphatic carbocycles. The van der Waals surface area contributed by atoms with Crippen LogP contribution in [0.25, 0.3) is 5.69 Å². The molecule has 1 aliphatic heterocycles. The highest BCUT2D eigenvalue weighted by molar-refractivity contribution is 6.02. The summed E-state index contributed by atoms with van der Waals surface area (Å²) in [5.41, 5.74) is 3.06. The van der Waals surface area contributed by atoms with Crippen molar-refractivity contribution in [2.24, 2.45) is 0 Å². The highest BCUT2D eigenvalue weighted by Crippen LogP contribution is 2.23. The molecule has 7 nitrogen and oxygen atoms in total. The maximum atomic E-state index is 12.8. The van der Waals surface area contributed by atoms with Gasteiger partial charge in [-0.25, -0.2) is 4.68 Å². The van der Waals surface area contributed by atoms with Crippen LogP contribution in [0.3, 0.4) is 0 Å². The maximum absolute atomic E-state index is 12.8. The molecule has 0 unspecified atom stereocenters. The lowest BCUT2D eigenvalue weighted by Crippen LogP contribution is -2.31. The minimum absolute atomic E-state index is 0.218. The summed E-state index contributed by atoms with van der Waals surface area (Å²) in [6, 6.07) is 12.2. The van der Waals surface area contributed by atoms with E-state index in [1.54, 1.807) is 6.20 Å². The van der Waals surface area contributed by atoms with Crippen molar-refractivity contribution in [1.29, 1.82) is 0 Å². The van der Waals surface area contributed by atoms with Crippen molar-refractivity contribution < 1.29 is 4.79 Å². The Morgan fingerprint density at radius 1 is 1.17 bits per heavy atom. The van der Waals surface area contributed by atoms with E-state index < -0.39 is 0 Å². The standard InChI is InChI=1S/C22H28N6O/c1-16(2)21-13-20(25-28(21)19-7-5-4-6-8-19)22(29)24-17-14-23-27(15-17)18-9-11-26(3)12-10-18/h4-8,13-16,18H,9-12H2,1-3H3,(H,24,29). The molecule has 3 aromatic rings. The molecular weight excluding hydrogens is 364 g/mol. The topological polar surface area (TPSA) is 68.0 Å². The number of rotatable bonds is 5. The Morgan fingerprint density at radius 3 is 2.59 bits per heavy atom. The average molecular weight is 393 g/mol. The summed E-state index contributed by atoms with van der Waals surface area (Å²) in [5, 5.41) is 12.0. The van der Waals surface area contributed by atoms with Gasteiger partial charge in [0, 0.05) is 11.9 Å². The van der Waals surface area contributed by atoms with E-state index >= 15 is 0 Å². The zero-order valence-corrected chi connectivity index (χ0v) is 17.2. The summed E-state index contributed by atoms with van der Waals surface area (Å²) in [6.07, 6.45) is 5.79. The number of hydrogen-bond donors (Lipinski definition) is 1. The van der Waals surface area contributed by atoms with Crippen LogP contribution in [0.1, 0.15) is 54.8 Å². The fourth-order valence-corrected chi connectivity index (χ4v) is 3.75. The number of carbonyl (C=O) groups is 1. The lowest BCUT2D eigenvalue weighted by atomic mass is 10.1. The monoisotopic (exact) mass is 392 g/mol. The molecule has 0 radical (unpaired) electrons. The predicted octanol–water partition coefficient (Wildman–Crippen LogP) is 3.71. The molecule has 0 spiro atoms. The van der Waals surface area contributed by atoms with Crippen LogP contribution in [0.5, 0.6) is 0 Å². The first kappa shape index (κ1) is 19.4. The van der Waals surface area contributed by atoms with Crippen LogP contribution in [0.2, 0.25) is 0 Å². The molecule has 4 rings (SSSR count). The van der Waals surface area contributed by atoms with Crippen LogP contribution in [0.4, 0.5) is 5.69 Å². The normalized spacial score (nSPS) is 15.7. The molecule has 1 N–H and O–H groups in total. The summed E-state index contributed by atoms with van der Waals surface area (Å²) >= 11 is 0. The predicted molar refractivity (Wildman–Crippen MR) is 114 cm³/mol. The Bertz CT molecular complexity index is 966. The van der Waals surface area contributed by atoms with Gasteiger partial charge in [0.05, 0.1) is 23.6 Å². The van der Waals surface area contributed by atoms with Gasteiger partial charge in [-0.05, 0) is 57.1 Å². The second-order valence-corrected chi connectivity index (χ2v) is 8.05. The number of likely N-dealkylation sites (tertiary alicyclic amines) is 1. The van der Waals surface area contributed by atoms with Gasteiger partial charge in [0.15, 0.2) is 5.69 Å². The lowest BCUT2D eigenvalue weighted by Gasteiger charge is -2.28. The summed E-state index contributed by atoms with van der Waals surface area (Å²) in [4.78, 5) is 15.2. The summed E-state index contributed by atoms with van der Waals surface area (Å²) in [5.74, 6) is 0.0287. The molecule has 0 bridgehead atoms. The zero-order valence-electron chi connectivity index (χ0n) is 17.2. The van der Waals surface area contributed by atoms with Crippen LogP contribution >= 0.6 is 0 Å². The first-order chi connectivity index (χ1) is 14.0. The number of nitrogens with zero attached hydrogens (tertiary/aromatic N) is 5. The third-order valence-electron chi connectivity index (χ3n) is 5.48. The summed E-state index contributed by atoms with van der Waals surface area (Å²) in [6.45, 7) is 6.34. The van der Waals surface area contributed by atoms with E-state index in [1.807, 2.05) is 52.0 Å². The first-order valence-electron chi connectivity index (χ1n) is 10.2. The summed E-state index contributed by atoms with van der Waals surface area (Å²) < 4.78 is 3.83. The van der Waals surface area contributed by atoms with Crippen molar-refractivity contribution in [3.8, 4) is 5.69 Å². The molecule has 29 heavy (non-hydrogen) atoms. The van der Waals surface area contributed by atoms with Gasteiger partial charge < -0.3 is 10.2 Å². The third-order valence-corrected chi connectivity index (χ3v) is 5.48. The van der Waals surface area contributed by atoms with Crippen molar-refractivity contribution >= 4 is 11.6 Å². The van der Waals surface area contributed by atoms with Crippen molar-refractivity contribution in [2.75, 3.05) is 25.5 Å². The van der Waals surface area contributed by atoms with Crippen molar-refractivity contribution in [3.63, 3.8) is 0 Å².